The van der Waals surface area contributed by atoms with E-state index in [0.717, 1.165) is 89.9 Å². The Morgan fingerprint density at radius 3 is 0.978 bits per heavy atom. The van der Waals surface area contributed by atoms with Crippen molar-refractivity contribution in [1.29, 1.82) is 0 Å². The quantitative estimate of drug-likeness (QED) is 0.0211. The number of carboxylic acid groups (broad SMARTS) is 1. The molecule has 0 radical (unpaired) electrons. The molecule has 0 fully saturated rings. The van der Waals surface area contributed by atoms with Gasteiger partial charge < -0.3 is 28.5 Å². The van der Waals surface area contributed by atoms with E-state index in [1.54, 1.807) is 0 Å². The van der Waals surface area contributed by atoms with Crippen molar-refractivity contribution in [3.05, 3.63) is 122 Å². The molecule has 0 aliphatic rings. The lowest BCUT2D eigenvalue weighted by molar-refractivity contribution is -0.870. The summed E-state index contributed by atoms with van der Waals surface area (Å²) in [5, 5.41) is 9.75. The molecule has 0 bridgehead atoms. The standard InChI is InChI=1S/C80H137NO8/c1-6-8-10-12-14-16-18-20-22-24-26-28-30-32-34-35-36-37-38-39-40-41-42-43-45-46-48-50-52-54-56-58-60-62-64-66-68-70-77(82)87-74-76(75-88-80(79(84)85)86-73-72-81(3,4)5)89-78(83)71-69-67-65-63-61-59-57-55-53-51-49-47-44-33-31-29-27-25-23-21-19-17-15-13-11-9-7-2/h9,11,15,17-18,20-21,23-24,26-27,29,33,44,49,51,55,57,61,63,76,80H,6-8,10,12-14,16,19,22,25,28,30-32,34-43,45-48,50,52-54,56,58-60,62,64-75H2,1-5H3/p+1/b11-9-,17-15-,20-18-,23-21-,26-24-,29-27-,44-33-,51-49-,57-55-,63-61-. The highest BCUT2D eigenvalue weighted by Crippen LogP contribution is 2.18. The summed E-state index contributed by atoms with van der Waals surface area (Å²) >= 11 is 0. The summed E-state index contributed by atoms with van der Waals surface area (Å²) in [5.74, 6) is -2.06. The summed E-state index contributed by atoms with van der Waals surface area (Å²) in [7, 11) is 5.96. The molecule has 0 saturated carbocycles. The summed E-state index contributed by atoms with van der Waals surface area (Å²) in [6, 6.07) is 0. The van der Waals surface area contributed by atoms with Gasteiger partial charge in [0.25, 0.3) is 6.29 Å². The molecule has 2 atom stereocenters. The van der Waals surface area contributed by atoms with Crippen LogP contribution in [0.25, 0.3) is 0 Å². The van der Waals surface area contributed by atoms with E-state index < -0.39 is 24.3 Å². The van der Waals surface area contributed by atoms with Crippen molar-refractivity contribution in [1.82, 2.24) is 0 Å². The lowest BCUT2D eigenvalue weighted by Crippen LogP contribution is -2.40. The van der Waals surface area contributed by atoms with E-state index in [0.29, 0.717) is 17.4 Å². The average Bonchev–Trinajstić information content (AvgIpc) is 3.64. The monoisotopic (exact) mass is 1240 g/mol. The molecule has 0 heterocycles. The first-order chi connectivity index (χ1) is 43.6. The molecule has 2 unspecified atom stereocenters. The van der Waals surface area contributed by atoms with Crippen molar-refractivity contribution in [2.24, 2.45) is 0 Å². The SMILES string of the molecule is CC/C=C\C/C=C\C/C=C\C/C=C\C/C=C\C/C=C\C/C=C\C/C=C\CCCCC(=O)OC(COC(=O)CCCCCCCCCCCCCCCCCCCCCCCCCCC/C=C\C/C=C\CCCCCCC)COC(OCC[N+](C)(C)C)C(=O)O. The predicted molar refractivity (Wildman–Crippen MR) is 382 cm³/mol. The maximum atomic E-state index is 12.9. The second kappa shape index (κ2) is 69.6. The molecule has 1 N–H and O–H groups in total. The first-order valence-electron chi connectivity index (χ1n) is 36.7. The molecule has 0 aromatic carbocycles. The number of aliphatic carboxylic acids is 1. The van der Waals surface area contributed by atoms with E-state index in [4.69, 9.17) is 18.9 Å². The maximum absolute atomic E-state index is 12.9. The molecule has 0 spiro atoms. The van der Waals surface area contributed by atoms with Crippen LogP contribution in [0.15, 0.2) is 122 Å². The number of carbonyl (C=O) groups excluding carboxylic acids is 2. The molecule has 89 heavy (non-hydrogen) atoms. The summed E-state index contributed by atoms with van der Waals surface area (Å²) in [6.07, 6.45) is 96.3. The molecule has 9 nitrogen and oxygen atoms in total. The van der Waals surface area contributed by atoms with Crippen LogP contribution < -0.4 is 0 Å². The van der Waals surface area contributed by atoms with Crippen LogP contribution in [0.5, 0.6) is 0 Å². The Kier molecular flexibility index (Phi) is 66.2. The Hall–Kier alpha value is -4.31. The number of rotatable bonds is 67. The number of quaternary nitrogens is 1. The first-order valence-corrected chi connectivity index (χ1v) is 36.7. The van der Waals surface area contributed by atoms with Gasteiger partial charge in [0, 0.05) is 12.8 Å². The zero-order valence-electron chi connectivity index (χ0n) is 58.3. The molecule has 0 aliphatic carbocycles. The van der Waals surface area contributed by atoms with Crippen molar-refractivity contribution in [3.8, 4) is 0 Å². The topological polar surface area (TPSA) is 108 Å². The van der Waals surface area contributed by atoms with E-state index in [1.807, 2.05) is 21.1 Å². The minimum absolute atomic E-state index is 0.174. The molecule has 9 heteroatoms. The number of likely N-dealkylation sites (N-methyl/N-ethyl adjacent to an activating group) is 1. The Morgan fingerprint density at radius 2 is 0.640 bits per heavy atom. The van der Waals surface area contributed by atoms with Crippen LogP contribution in [0.1, 0.15) is 309 Å². The van der Waals surface area contributed by atoms with Crippen molar-refractivity contribution >= 4 is 17.9 Å². The summed E-state index contributed by atoms with van der Waals surface area (Å²) in [5.41, 5.74) is 0. The zero-order valence-corrected chi connectivity index (χ0v) is 58.3. The highest BCUT2D eigenvalue weighted by atomic mass is 16.7. The summed E-state index contributed by atoms with van der Waals surface area (Å²) in [6.45, 7) is 4.72. The number of esters is 2. The molecular weight excluding hydrogens is 1100 g/mol. The molecule has 0 aromatic rings. The average molecular weight is 1240 g/mol. The lowest BCUT2D eigenvalue weighted by atomic mass is 10.0. The molecular formula is C80H138NO8+. The van der Waals surface area contributed by atoms with E-state index in [9.17, 15) is 19.5 Å². The van der Waals surface area contributed by atoms with Gasteiger partial charge in [-0.2, -0.15) is 0 Å². The first kappa shape index (κ1) is 84.7. The van der Waals surface area contributed by atoms with Crippen LogP contribution in [0.4, 0.5) is 0 Å². The smallest absolute Gasteiger partial charge is 0.361 e. The minimum Gasteiger partial charge on any atom is -0.477 e. The van der Waals surface area contributed by atoms with Crippen molar-refractivity contribution in [2.45, 2.75) is 322 Å². The number of nitrogens with zero attached hydrogens (tertiary/aromatic N) is 1. The number of unbranched alkanes of at least 4 members (excludes halogenated alkanes) is 32. The maximum Gasteiger partial charge on any atom is 0.361 e. The molecule has 510 valence electrons. The number of carbonyl (C=O) groups is 3. The minimum atomic E-state index is -1.53. The Balaban J connectivity index is 4.11. The zero-order chi connectivity index (χ0) is 64.7. The number of carboxylic acids is 1. The van der Waals surface area contributed by atoms with Gasteiger partial charge in [-0.1, -0.05) is 309 Å². The van der Waals surface area contributed by atoms with Crippen LogP contribution in [-0.2, 0) is 33.3 Å². The van der Waals surface area contributed by atoms with Gasteiger partial charge >= 0.3 is 17.9 Å². The molecule has 0 rings (SSSR count). The largest absolute Gasteiger partial charge is 0.477 e. The fraction of sp³-hybridized carbons (Fsp3) is 0.713. The highest BCUT2D eigenvalue weighted by molar-refractivity contribution is 5.71. The molecule has 0 aliphatic heterocycles. The third-order valence-electron chi connectivity index (χ3n) is 15.7. The Morgan fingerprint density at radius 1 is 0.348 bits per heavy atom. The number of allylic oxidation sites excluding steroid dienone is 20. The molecule has 0 amide bonds. The Bertz CT molecular complexity index is 1880. The van der Waals surface area contributed by atoms with Crippen LogP contribution in [-0.4, -0.2) is 87.4 Å². The van der Waals surface area contributed by atoms with Crippen molar-refractivity contribution in [3.63, 3.8) is 0 Å². The lowest BCUT2D eigenvalue weighted by Gasteiger charge is -2.25. The normalized spacial score (nSPS) is 13.4. The van der Waals surface area contributed by atoms with Crippen LogP contribution in [0.3, 0.4) is 0 Å². The van der Waals surface area contributed by atoms with E-state index in [2.05, 4.69) is 135 Å². The van der Waals surface area contributed by atoms with E-state index in [1.165, 1.54) is 186 Å². The van der Waals surface area contributed by atoms with Gasteiger partial charge in [-0.3, -0.25) is 9.59 Å². The van der Waals surface area contributed by atoms with Crippen molar-refractivity contribution < 1.29 is 42.9 Å². The molecule has 0 saturated heterocycles. The predicted octanol–water partition coefficient (Wildman–Crippen LogP) is 23.1. The highest BCUT2D eigenvalue weighted by Gasteiger charge is 2.25. The number of ether oxygens (including phenoxy) is 4. The third kappa shape index (κ3) is 71.0. The fourth-order valence-electron chi connectivity index (χ4n) is 10.1. The van der Waals surface area contributed by atoms with Gasteiger partial charge in [-0.15, -0.1) is 0 Å². The fourth-order valence-corrected chi connectivity index (χ4v) is 10.1. The summed E-state index contributed by atoms with van der Waals surface area (Å²) in [4.78, 5) is 37.6. The Labute approximate surface area is 548 Å². The van der Waals surface area contributed by atoms with Crippen LogP contribution in [0, 0.1) is 0 Å². The summed E-state index contributed by atoms with van der Waals surface area (Å²) < 4.78 is 22.9. The second-order valence-electron chi connectivity index (χ2n) is 25.5. The van der Waals surface area contributed by atoms with Gasteiger partial charge in [0.05, 0.1) is 34.4 Å². The van der Waals surface area contributed by atoms with Crippen molar-refractivity contribution in [2.75, 3.05) is 47.5 Å². The number of hydrogen-bond donors (Lipinski definition) is 1. The van der Waals surface area contributed by atoms with Crippen LogP contribution in [0.2, 0.25) is 0 Å². The van der Waals surface area contributed by atoms with Gasteiger partial charge in [-0.25, -0.2) is 4.79 Å². The van der Waals surface area contributed by atoms with Gasteiger partial charge in [0.1, 0.15) is 13.2 Å². The van der Waals surface area contributed by atoms with Gasteiger partial charge in [0.2, 0.25) is 0 Å². The van der Waals surface area contributed by atoms with E-state index in [-0.39, 0.29) is 38.6 Å². The van der Waals surface area contributed by atoms with Gasteiger partial charge in [-0.05, 0) is 109 Å². The number of hydrogen-bond acceptors (Lipinski definition) is 7. The third-order valence-corrected chi connectivity index (χ3v) is 15.7. The van der Waals surface area contributed by atoms with Gasteiger partial charge in [0.15, 0.2) is 6.10 Å². The second-order valence-corrected chi connectivity index (χ2v) is 25.5. The van der Waals surface area contributed by atoms with E-state index >= 15 is 0 Å². The molecule has 0 aromatic heterocycles. The van der Waals surface area contributed by atoms with Crippen LogP contribution >= 0.6 is 0 Å².